The molecule has 0 atom stereocenters. The van der Waals surface area contributed by atoms with Crippen LogP contribution in [0.2, 0.25) is 0 Å². The average Bonchev–Trinajstić information content (AvgIpc) is 3.37. The van der Waals surface area contributed by atoms with Crippen molar-refractivity contribution in [2.45, 2.75) is 6.92 Å². The Kier molecular flexibility index (Phi) is 5.00. The number of aryl methyl sites for hydroxylation is 1. The molecule has 0 radical (unpaired) electrons. The van der Waals surface area contributed by atoms with E-state index in [4.69, 9.17) is 0 Å². The van der Waals surface area contributed by atoms with Crippen LogP contribution >= 0.6 is 11.3 Å². The van der Waals surface area contributed by atoms with Crippen molar-refractivity contribution in [3.63, 3.8) is 0 Å². The van der Waals surface area contributed by atoms with Gasteiger partial charge in [0.1, 0.15) is 0 Å². The SMILES string of the molecule is Cc1nn(-c2ccccc2)nc1C(=O)Nc1cccc(C#Cc2cccs2)c1. The smallest absolute Gasteiger partial charge is 0.278 e. The Morgan fingerprint density at radius 1 is 1.00 bits per heavy atom. The summed E-state index contributed by atoms with van der Waals surface area (Å²) in [6.07, 6.45) is 0. The fourth-order valence-corrected chi connectivity index (χ4v) is 3.18. The van der Waals surface area contributed by atoms with E-state index in [1.54, 1.807) is 18.3 Å². The van der Waals surface area contributed by atoms with E-state index in [1.165, 1.54) is 4.80 Å². The van der Waals surface area contributed by atoms with E-state index in [0.717, 1.165) is 16.1 Å². The number of thiophene rings is 1. The van der Waals surface area contributed by atoms with E-state index >= 15 is 0 Å². The molecule has 6 heteroatoms. The molecule has 0 aliphatic heterocycles. The summed E-state index contributed by atoms with van der Waals surface area (Å²) in [4.78, 5) is 15.1. The molecular weight excluding hydrogens is 368 g/mol. The molecular formula is C22H16N4OS. The van der Waals surface area contributed by atoms with Crippen molar-refractivity contribution in [2.24, 2.45) is 0 Å². The van der Waals surface area contributed by atoms with Crippen LogP contribution in [0.15, 0.2) is 72.1 Å². The number of aromatic nitrogens is 3. The van der Waals surface area contributed by atoms with Gasteiger partial charge in [-0.3, -0.25) is 4.79 Å². The Morgan fingerprint density at radius 3 is 2.64 bits per heavy atom. The lowest BCUT2D eigenvalue weighted by Crippen LogP contribution is -2.14. The fraction of sp³-hybridized carbons (Fsp3) is 0.0455. The van der Waals surface area contributed by atoms with Crippen LogP contribution in [-0.4, -0.2) is 20.9 Å². The van der Waals surface area contributed by atoms with Gasteiger partial charge in [-0.25, -0.2) is 0 Å². The molecule has 2 aromatic heterocycles. The number of amides is 1. The quantitative estimate of drug-likeness (QED) is 0.536. The summed E-state index contributed by atoms with van der Waals surface area (Å²) >= 11 is 1.60. The van der Waals surface area contributed by atoms with Gasteiger partial charge in [0.25, 0.3) is 5.91 Å². The zero-order valence-corrected chi connectivity index (χ0v) is 15.9. The minimum Gasteiger partial charge on any atom is -0.320 e. The second kappa shape index (κ2) is 7.91. The molecule has 136 valence electrons. The lowest BCUT2D eigenvalue weighted by molar-refractivity contribution is 0.102. The van der Waals surface area contributed by atoms with Crippen molar-refractivity contribution in [3.8, 4) is 17.5 Å². The third-order valence-electron chi connectivity index (χ3n) is 3.96. The molecule has 28 heavy (non-hydrogen) atoms. The minimum atomic E-state index is -0.303. The molecule has 4 rings (SSSR count). The van der Waals surface area contributed by atoms with Crippen LogP contribution in [-0.2, 0) is 0 Å². The van der Waals surface area contributed by atoms with Crippen molar-refractivity contribution >= 4 is 22.9 Å². The number of carbonyl (C=O) groups is 1. The second-order valence-electron chi connectivity index (χ2n) is 6.02. The van der Waals surface area contributed by atoms with Gasteiger partial charge in [0.2, 0.25) is 0 Å². The van der Waals surface area contributed by atoms with Crippen LogP contribution in [0, 0.1) is 18.8 Å². The largest absolute Gasteiger partial charge is 0.320 e. The number of para-hydroxylation sites is 1. The van der Waals surface area contributed by atoms with Crippen molar-refractivity contribution < 1.29 is 4.79 Å². The molecule has 0 saturated heterocycles. The maximum absolute atomic E-state index is 12.7. The number of benzene rings is 2. The third-order valence-corrected chi connectivity index (χ3v) is 4.74. The number of hydrogen-bond donors (Lipinski definition) is 1. The first-order valence-electron chi connectivity index (χ1n) is 8.65. The molecule has 0 saturated carbocycles. The number of anilines is 1. The highest BCUT2D eigenvalue weighted by Gasteiger charge is 2.16. The fourth-order valence-electron chi connectivity index (χ4n) is 2.61. The normalized spacial score (nSPS) is 10.2. The second-order valence-corrected chi connectivity index (χ2v) is 6.97. The number of rotatable bonds is 3. The van der Waals surface area contributed by atoms with Crippen molar-refractivity contribution in [1.29, 1.82) is 0 Å². The Bertz CT molecular complexity index is 1170. The summed E-state index contributed by atoms with van der Waals surface area (Å²) < 4.78 is 0. The number of nitrogens with one attached hydrogen (secondary N) is 1. The Hall–Kier alpha value is -3.69. The molecule has 4 aromatic rings. The maximum atomic E-state index is 12.7. The van der Waals surface area contributed by atoms with Gasteiger partial charge < -0.3 is 5.32 Å². The van der Waals surface area contributed by atoms with Gasteiger partial charge in [-0.1, -0.05) is 42.2 Å². The standard InChI is InChI=1S/C22H16N4OS/c1-16-21(25-26(24-16)19-9-3-2-4-10-19)22(27)23-18-8-5-7-17(15-18)12-13-20-11-6-14-28-20/h2-11,14-15H,1H3,(H,23,27). The summed E-state index contributed by atoms with van der Waals surface area (Å²) in [5, 5.41) is 13.5. The molecule has 0 unspecified atom stereocenters. The van der Waals surface area contributed by atoms with Crippen LogP contribution in [0.1, 0.15) is 26.6 Å². The monoisotopic (exact) mass is 384 g/mol. The highest BCUT2D eigenvalue weighted by Crippen LogP contribution is 2.14. The first kappa shape index (κ1) is 17.7. The van der Waals surface area contributed by atoms with E-state index in [0.29, 0.717) is 17.1 Å². The first-order valence-corrected chi connectivity index (χ1v) is 9.53. The molecule has 1 amide bonds. The summed E-state index contributed by atoms with van der Waals surface area (Å²) in [5.74, 6) is 5.93. The number of nitrogens with zero attached hydrogens (tertiary/aromatic N) is 3. The number of carbonyl (C=O) groups excluding carboxylic acids is 1. The predicted molar refractivity (Wildman–Crippen MR) is 111 cm³/mol. The maximum Gasteiger partial charge on any atom is 0.278 e. The van der Waals surface area contributed by atoms with Gasteiger partial charge in [-0.15, -0.1) is 16.4 Å². The van der Waals surface area contributed by atoms with Crippen LogP contribution in [0.3, 0.4) is 0 Å². The Labute approximate surface area is 166 Å². The van der Waals surface area contributed by atoms with Gasteiger partial charge >= 0.3 is 0 Å². The lowest BCUT2D eigenvalue weighted by Gasteiger charge is -2.04. The highest BCUT2D eigenvalue weighted by atomic mass is 32.1. The van der Waals surface area contributed by atoms with Gasteiger partial charge in [0.05, 0.1) is 16.3 Å². The molecule has 0 fully saturated rings. The summed E-state index contributed by atoms with van der Waals surface area (Å²) in [6.45, 7) is 1.77. The number of hydrogen-bond acceptors (Lipinski definition) is 4. The van der Waals surface area contributed by atoms with Gasteiger partial charge in [0, 0.05) is 11.3 Å². The van der Waals surface area contributed by atoms with E-state index in [9.17, 15) is 4.79 Å². The molecule has 0 bridgehead atoms. The Balaban J connectivity index is 1.53. The van der Waals surface area contributed by atoms with Gasteiger partial charge in [-0.2, -0.15) is 9.90 Å². The molecule has 5 nitrogen and oxygen atoms in total. The molecule has 2 aromatic carbocycles. The summed E-state index contributed by atoms with van der Waals surface area (Å²) in [5.41, 5.74) is 3.15. The van der Waals surface area contributed by atoms with E-state index in [1.807, 2.05) is 72.1 Å². The van der Waals surface area contributed by atoms with Gasteiger partial charge in [0.15, 0.2) is 5.69 Å². The first-order chi connectivity index (χ1) is 13.7. The molecule has 0 spiro atoms. The van der Waals surface area contributed by atoms with Crippen LogP contribution in [0.25, 0.3) is 5.69 Å². The van der Waals surface area contributed by atoms with E-state index < -0.39 is 0 Å². The zero-order valence-electron chi connectivity index (χ0n) is 15.1. The molecule has 2 heterocycles. The van der Waals surface area contributed by atoms with Crippen LogP contribution < -0.4 is 5.32 Å². The molecule has 0 aliphatic rings. The topological polar surface area (TPSA) is 59.8 Å². The van der Waals surface area contributed by atoms with Crippen molar-refractivity contribution in [2.75, 3.05) is 5.32 Å². The van der Waals surface area contributed by atoms with E-state index in [-0.39, 0.29) is 5.91 Å². The van der Waals surface area contributed by atoms with Crippen molar-refractivity contribution in [1.82, 2.24) is 15.0 Å². The van der Waals surface area contributed by atoms with Gasteiger partial charge in [-0.05, 0) is 48.7 Å². The summed E-state index contributed by atoms with van der Waals surface area (Å²) in [6, 6.07) is 20.9. The predicted octanol–water partition coefficient (Wildman–Crippen LogP) is 4.29. The Morgan fingerprint density at radius 2 is 1.86 bits per heavy atom. The zero-order chi connectivity index (χ0) is 19.3. The van der Waals surface area contributed by atoms with Crippen LogP contribution in [0.4, 0.5) is 5.69 Å². The molecule has 1 N–H and O–H groups in total. The molecule has 0 aliphatic carbocycles. The lowest BCUT2D eigenvalue weighted by atomic mass is 10.2. The third kappa shape index (κ3) is 4.00. The average molecular weight is 384 g/mol. The minimum absolute atomic E-state index is 0.291. The van der Waals surface area contributed by atoms with Crippen LogP contribution in [0.5, 0.6) is 0 Å². The van der Waals surface area contributed by atoms with E-state index in [2.05, 4.69) is 27.4 Å². The van der Waals surface area contributed by atoms with Crippen molar-refractivity contribution in [3.05, 3.63) is 93.9 Å². The highest BCUT2D eigenvalue weighted by molar-refractivity contribution is 7.10. The summed E-state index contributed by atoms with van der Waals surface area (Å²) in [7, 11) is 0.